The quantitative estimate of drug-likeness (QED) is 0.684. The Kier molecular flexibility index (Phi) is 3.39. The lowest BCUT2D eigenvalue weighted by Gasteiger charge is -2.18. The summed E-state index contributed by atoms with van der Waals surface area (Å²) >= 11 is 0. The molecular weight excluding hydrogens is 202 g/mol. The molecule has 0 heterocycles. The Morgan fingerprint density at radius 1 is 1.14 bits per heavy atom. The van der Waals surface area contributed by atoms with Crippen LogP contribution in [0.15, 0.2) is 18.2 Å². The Morgan fingerprint density at radius 2 is 1.79 bits per heavy atom. The molecule has 1 rings (SSSR count). The van der Waals surface area contributed by atoms with Gasteiger partial charge in [0.15, 0.2) is 11.6 Å². The number of halogens is 2. The molecule has 0 aliphatic rings. The summed E-state index contributed by atoms with van der Waals surface area (Å²) in [4.78, 5) is 0. The second-order valence-corrected chi connectivity index (χ2v) is 4.93. The third-order valence-electron chi connectivity index (χ3n) is 1.39. The predicted octanol–water partition coefficient (Wildman–Crippen LogP) is 2.02. The smallest absolute Gasteiger partial charge is 0.269 e. The van der Waals surface area contributed by atoms with E-state index in [0.717, 1.165) is 6.07 Å². The Bertz CT molecular complexity index is 320. The molecule has 2 radical (unpaired) electrons. The van der Waals surface area contributed by atoms with E-state index in [1.165, 1.54) is 12.1 Å². The Morgan fingerprint density at radius 3 is 2.29 bits per heavy atom. The van der Waals surface area contributed by atoms with Gasteiger partial charge in [0.05, 0.1) is 0 Å². The molecule has 0 saturated heterocycles. The van der Waals surface area contributed by atoms with Crippen molar-refractivity contribution in [3.05, 3.63) is 29.8 Å². The summed E-state index contributed by atoms with van der Waals surface area (Å²) < 4.78 is 30.8. The third kappa shape index (κ3) is 3.55. The van der Waals surface area contributed by atoms with E-state index in [2.05, 4.69) is 0 Å². The first-order valence-corrected chi connectivity index (χ1v) is 5.18. The average molecular weight is 214 g/mol. The molecule has 0 unspecified atom stereocenters. The van der Waals surface area contributed by atoms with Crippen molar-refractivity contribution in [1.29, 1.82) is 0 Å². The molecule has 0 saturated carbocycles. The van der Waals surface area contributed by atoms with Gasteiger partial charge in [0.2, 0.25) is 0 Å². The fourth-order valence-corrected chi connectivity index (χ4v) is 1.53. The van der Waals surface area contributed by atoms with Crippen LogP contribution in [-0.4, -0.2) is 15.4 Å². The molecular formula is C10H12F2OSi. The summed E-state index contributed by atoms with van der Waals surface area (Å²) in [6.07, 6.45) is 0. The molecule has 0 atom stereocenters. The lowest BCUT2D eigenvalue weighted by Crippen LogP contribution is -2.28. The molecule has 0 amide bonds. The molecule has 0 N–H and O–H groups in total. The molecule has 0 fully saturated rings. The van der Waals surface area contributed by atoms with Gasteiger partial charge in [0.1, 0.15) is 0 Å². The molecule has 1 aromatic rings. The average Bonchev–Trinajstić information content (AvgIpc) is 2.06. The zero-order chi connectivity index (χ0) is 10.8. The summed E-state index contributed by atoms with van der Waals surface area (Å²) in [7, 11) is 0.0420. The lowest BCUT2D eigenvalue weighted by molar-refractivity contribution is 0.142. The van der Waals surface area contributed by atoms with Crippen LogP contribution in [0.1, 0.15) is 20.8 Å². The van der Waals surface area contributed by atoms with Crippen LogP contribution < -0.4 is 5.19 Å². The number of hydrogen-bond acceptors (Lipinski definition) is 1. The Labute approximate surface area is 85.0 Å². The third-order valence-corrected chi connectivity index (χ3v) is 2.66. The monoisotopic (exact) mass is 214 g/mol. The molecule has 1 nitrogen and oxygen atoms in total. The maximum atomic E-state index is 12.8. The normalized spacial score (nSPS) is 11.8. The second kappa shape index (κ2) is 4.19. The highest BCUT2D eigenvalue weighted by molar-refractivity contribution is 6.46. The van der Waals surface area contributed by atoms with Gasteiger partial charge >= 0.3 is 0 Å². The highest BCUT2D eigenvalue weighted by atomic mass is 28.2. The van der Waals surface area contributed by atoms with Crippen LogP contribution in [0.2, 0.25) is 0 Å². The highest BCUT2D eigenvalue weighted by Gasteiger charge is 2.12. The standard InChI is InChI=1S/C10H12F2OSi/c1-10(2,3)13-14-7-4-5-8(11)9(12)6-7/h4-6H,1-3H3. The van der Waals surface area contributed by atoms with E-state index >= 15 is 0 Å². The van der Waals surface area contributed by atoms with Gasteiger partial charge in [0.25, 0.3) is 9.76 Å². The van der Waals surface area contributed by atoms with Gasteiger partial charge in [-0.25, -0.2) is 8.78 Å². The largest absolute Gasteiger partial charge is 0.407 e. The summed E-state index contributed by atoms with van der Waals surface area (Å²) in [6.45, 7) is 5.75. The first kappa shape index (κ1) is 11.3. The van der Waals surface area contributed by atoms with Crippen LogP contribution in [0.25, 0.3) is 0 Å². The van der Waals surface area contributed by atoms with Gasteiger partial charge in [-0.15, -0.1) is 0 Å². The SMILES string of the molecule is CC(C)(C)O[Si]c1ccc(F)c(F)c1. The maximum absolute atomic E-state index is 12.8. The van der Waals surface area contributed by atoms with Gasteiger partial charge < -0.3 is 4.43 Å². The zero-order valence-corrected chi connectivity index (χ0v) is 9.40. The summed E-state index contributed by atoms with van der Waals surface area (Å²) in [5, 5.41) is 0.666. The van der Waals surface area contributed by atoms with Crippen molar-refractivity contribution in [2.45, 2.75) is 26.4 Å². The van der Waals surface area contributed by atoms with Crippen LogP contribution in [0.5, 0.6) is 0 Å². The van der Waals surface area contributed by atoms with E-state index in [1.807, 2.05) is 20.8 Å². The Balaban J connectivity index is 2.65. The lowest BCUT2D eigenvalue weighted by atomic mass is 10.2. The minimum absolute atomic E-state index is 0.0420. The van der Waals surface area contributed by atoms with E-state index in [0.29, 0.717) is 5.19 Å². The van der Waals surface area contributed by atoms with Crippen molar-refractivity contribution in [2.75, 3.05) is 0 Å². The van der Waals surface area contributed by atoms with Crippen molar-refractivity contribution in [3.8, 4) is 0 Å². The molecule has 76 valence electrons. The van der Waals surface area contributed by atoms with Crippen LogP contribution in [0.3, 0.4) is 0 Å². The maximum Gasteiger partial charge on any atom is 0.269 e. The van der Waals surface area contributed by atoms with Crippen LogP contribution >= 0.6 is 0 Å². The zero-order valence-electron chi connectivity index (χ0n) is 8.40. The van der Waals surface area contributed by atoms with E-state index in [-0.39, 0.29) is 15.4 Å². The molecule has 1 aromatic carbocycles. The first-order valence-electron chi connectivity index (χ1n) is 4.27. The minimum atomic E-state index is -0.826. The Hall–Kier alpha value is -0.743. The van der Waals surface area contributed by atoms with Crippen molar-refractivity contribution >= 4 is 14.9 Å². The molecule has 4 heteroatoms. The fourth-order valence-electron chi connectivity index (χ4n) is 0.772. The van der Waals surface area contributed by atoms with Gasteiger partial charge in [-0.1, -0.05) is 6.07 Å². The van der Waals surface area contributed by atoms with Gasteiger partial charge in [-0.2, -0.15) is 0 Å². The first-order chi connectivity index (χ1) is 6.38. The predicted molar refractivity (Wildman–Crippen MR) is 52.6 cm³/mol. The number of benzene rings is 1. The summed E-state index contributed by atoms with van der Waals surface area (Å²) in [5.74, 6) is -1.65. The molecule has 0 bridgehead atoms. The summed E-state index contributed by atoms with van der Waals surface area (Å²) in [5.41, 5.74) is -0.261. The molecule has 0 aliphatic heterocycles. The van der Waals surface area contributed by atoms with Gasteiger partial charge in [-0.3, -0.25) is 0 Å². The van der Waals surface area contributed by atoms with Gasteiger partial charge in [0, 0.05) is 5.60 Å². The van der Waals surface area contributed by atoms with E-state index in [9.17, 15) is 8.78 Å². The van der Waals surface area contributed by atoms with Crippen LogP contribution in [0, 0.1) is 11.6 Å². The number of rotatable bonds is 2. The van der Waals surface area contributed by atoms with E-state index in [4.69, 9.17) is 4.43 Å². The summed E-state index contributed by atoms with van der Waals surface area (Å²) in [6, 6.07) is 3.81. The molecule has 14 heavy (non-hydrogen) atoms. The van der Waals surface area contributed by atoms with Crippen LogP contribution in [-0.2, 0) is 4.43 Å². The van der Waals surface area contributed by atoms with E-state index < -0.39 is 11.6 Å². The fraction of sp³-hybridized carbons (Fsp3) is 0.400. The molecule has 0 aliphatic carbocycles. The van der Waals surface area contributed by atoms with E-state index in [1.54, 1.807) is 0 Å². The van der Waals surface area contributed by atoms with Crippen molar-refractivity contribution in [2.24, 2.45) is 0 Å². The van der Waals surface area contributed by atoms with Crippen molar-refractivity contribution in [3.63, 3.8) is 0 Å². The highest BCUT2D eigenvalue weighted by Crippen LogP contribution is 2.06. The van der Waals surface area contributed by atoms with Crippen molar-refractivity contribution < 1.29 is 13.2 Å². The molecule has 0 spiro atoms. The minimum Gasteiger partial charge on any atom is -0.407 e. The van der Waals surface area contributed by atoms with Crippen LogP contribution in [0.4, 0.5) is 8.78 Å². The molecule has 0 aromatic heterocycles. The topological polar surface area (TPSA) is 9.23 Å². The van der Waals surface area contributed by atoms with Crippen molar-refractivity contribution in [1.82, 2.24) is 0 Å². The number of hydrogen-bond donors (Lipinski definition) is 0. The van der Waals surface area contributed by atoms with Gasteiger partial charge in [-0.05, 0) is 38.1 Å². The second-order valence-electron chi connectivity index (χ2n) is 3.95.